The van der Waals surface area contributed by atoms with E-state index in [4.69, 9.17) is 0 Å². The third-order valence-corrected chi connectivity index (χ3v) is 2.02. The van der Waals surface area contributed by atoms with Gasteiger partial charge in [-0.1, -0.05) is 6.08 Å². The Balaban J connectivity index is 2.00. The molecule has 0 atom stereocenters. The molecule has 4 nitrogen and oxygen atoms in total. The fourth-order valence-corrected chi connectivity index (χ4v) is 1.26. The van der Waals surface area contributed by atoms with Gasteiger partial charge in [-0.15, -0.1) is 0 Å². The number of allylic oxidation sites excluding steroid dienone is 1. The zero-order valence-electron chi connectivity index (χ0n) is 9.02. The van der Waals surface area contributed by atoms with Crippen LogP contribution in [-0.4, -0.2) is 22.0 Å². The van der Waals surface area contributed by atoms with E-state index in [-0.39, 0.29) is 5.91 Å². The van der Waals surface area contributed by atoms with E-state index < -0.39 is 0 Å². The predicted molar refractivity (Wildman–Crippen MR) is 59.3 cm³/mol. The number of aryl methyl sites for hydroxylation is 1. The van der Waals surface area contributed by atoms with E-state index in [1.165, 1.54) is 6.08 Å². The van der Waals surface area contributed by atoms with Gasteiger partial charge in [-0.05, 0) is 25.8 Å². The summed E-state index contributed by atoms with van der Waals surface area (Å²) in [6, 6.07) is 0. The maximum Gasteiger partial charge on any atom is 0.243 e. The largest absolute Gasteiger partial charge is 0.353 e. The van der Waals surface area contributed by atoms with Crippen LogP contribution in [0.2, 0.25) is 0 Å². The third-order valence-electron chi connectivity index (χ3n) is 2.02. The van der Waals surface area contributed by atoms with Gasteiger partial charge in [0.05, 0.1) is 6.33 Å². The van der Waals surface area contributed by atoms with Crippen molar-refractivity contribution in [3.63, 3.8) is 0 Å². The number of carbonyl (C=O) groups is 1. The average molecular weight is 207 g/mol. The van der Waals surface area contributed by atoms with Gasteiger partial charge in [-0.3, -0.25) is 4.79 Å². The van der Waals surface area contributed by atoms with Gasteiger partial charge < -0.3 is 9.88 Å². The van der Waals surface area contributed by atoms with Crippen LogP contribution >= 0.6 is 0 Å². The number of rotatable bonds is 6. The lowest BCUT2D eigenvalue weighted by Crippen LogP contribution is -2.22. The van der Waals surface area contributed by atoms with Crippen LogP contribution in [0, 0.1) is 0 Å². The van der Waals surface area contributed by atoms with Crippen molar-refractivity contribution in [2.75, 3.05) is 6.54 Å². The Bertz CT molecular complexity index is 304. The number of nitrogens with zero attached hydrogens (tertiary/aromatic N) is 2. The van der Waals surface area contributed by atoms with E-state index in [2.05, 4.69) is 10.3 Å². The van der Waals surface area contributed by atoms with Gasteiger partial charge in [-0.2, -0.15) is 0 Å². The molecular weight excluding hydrogens is 190 g/mol. The fraction of sp³-hybridized carbons (Fsp3) is 0.455. The number of aromatic nitrogens is 2. The number of hydrogen-bond acceptors (Lipinski definition) is 2. The summed E-state index contributed by atoms with van der Waals surface area (Å²) in [5, 5.41) is 2.81. The number of unbranched alkanes of at least 4 members (excludes halogenated alkanes) is 1. The maximum atomic E-state index is 11.0. The molecule has 4 heteroatoms. The lowest BCUT2D eigenvalue weighted by atomic mass is 10.3. The van der Waals surface area contributed by atoms with Gasteiger partial charge in [0, 0.05) is 25.5 Å². The molecule has 0 aliphatic carbocycles. The summed E-state index contributed by atoms with van der Waals surface area (Å²) >= 11 is 0. The molecule has 82 valence electrons. The molecule has 1 amide bonds. The Kier molecular flexibility index (Phi) is 5.22. The minimum atomic E-state index is -0.0138. The Morgan fingerprint density at radius 1 is 1.53 bits per heavy atom. The van der Waals surface area contributed by atoms with E-state index >= 15 is 0 Å². The number of carbonyl (C=O) groups excluding carboxylic acids is 1. The molecule has 0 aliphatic rings. The molecule has 0 unspecified atom stereocenters. The molecule has 1 heterocycles. The molecule has 0 fully saturated rings. The minimum Gasteiger partial charge on any atom is -0.353 e. The number of amides is 1. The Morgan fingerprint density at radius 3 is 3.07 bits per heavy atom. The Hall–Kier alpha value is -1.58. The molecule has 0 aliphatic heterocycles. The lowest BCUT2D eigenvalue weighted by Gasteiger charge is -2.03. The Labute approximate surface area is 90.0 Å². The third kappa shape index (κ3) is 5.00. The van der Waals surface area contributed by atoms with Crippen LogP contribution in [0.4, 0.5) is 0 Å². The second-order valence-electron chi connectivity index (χ2n) is 3.30. The highest BCUT2D eigenvalue weighted by Crippen LogP contribution is 1.93. The molecule has 15 heavy (non-hydrogen) atoms. The van der Waals surface area contributed by atoms with Crippen molar-refractivity contribution in [2.45, 2.75) is 26.3 Å². The summed E-state index contributed by atoms with van der Waals surface area (Å²) in [5.74, 6) is -0.0138. The Morgan fingerprint density at radius 2 is 2.40 bits per heavy atom. The molecule has 0 spiro atoms. The van der Waals surface area contributed by atoms with Crippen LogP contribution in [0.25, 0.3) is 0 Å². The number of hydrogen-bond donors (Lipinski definition) is 1. The van der Waals surface area contributed by atoms with Crippen LogP contribution in [-0.2, 0) is 11.3 Å². The van der Waals surface area contributed by atoms with Gasteiger partial charge in [0.1, 0.15) is 0 Å². The van der Waals surface area contributed by atoms with Crippen molar-refractivity contribution in [3.8, 4) is 0 Å². The summed E-state index contributed by atoms with van der Waals surface area (Å²) in [6.07, 6.45) is 10.8. The van der Waals surface area contributed by atoms with Crippen molar-refractivity contribution in [2.24, 2.45) is 0 Å². The number of imidazole rings is 1. The zero-order chi connectivity index (χ0) is 10.9. The van der Waals surface area contributed by atoms with E-state index in [1.807, 2.05) is 17.7 Å². The van der Waals surface area contributed by atoms with Crippen molar-refractivity contribution in [1.82, 2.24) is 14.9 Å². The second-order valence-corrected chi connectivity index (χ2v) is 3.30. The van der Waals surface area contributed by atoms with Crippen molar-refractivity contribution < 1.29 is 4.79 Å². The normalized spacial score (nSPS) is 10.7. The summed E-state index contributed by atoms with van der Waals surface area (Å²) in [6.45, 7) is 3.52. The standard InChI is InChI=1S/C11H17N3O/c1-2-5-11(15)13-6-3-4-8-14-9-7-12-10-14/h2,5,7,9-10H,3-4,6,8H2,1H3,(H,13,15). The first-order valence-corrected chi connectivity index (χ1v) is 5.19. The monoisotopic (exact) mass is 207 g/mol. The average Bonchev–Trinajstić information content (AvgIpc) is 2.70. The van der Waals surface area contributed by atoms with Gasteiger partial charge in [0.2, 0.25) is 5.91 Å². The maximum absolute atomic E-state index is 11.0. The van der Waals surface area contributed by atoms with Gasteiger partial charge in [0.15, 0.2) is 0 Å². The molecule has 0 radical (unpaired) electrons. The summed E-state index contributed by atoms with van der Waals surface area (Å²) in [5.41, 5.74) is 0. The van der Waals surface area contributed by atoms with Gasteiger partial charge in [0.25, 0.3) is 0 Å². The smallest absolute Gasteiger partial charge is 0.243 e. The van der Waals surface area contributed by atoms with Gasteiger partial charge >= 0.3 is 0 Å². The molecule has 1 rings (SSSR count). The molecular formula is C11H17N3O. The zero-order valence-corrected chi connectivity index (χ0v) is 9.02. The highest BCUT2D eigenvalue weighted by Gasteiger charge is 1.94. The summed E-state index contributed by atoms with van der Waals surface area (Å²) in [7, 11) is 0. The van der Waals surface area contributed by atoms with E-state index in [0.717, 1.165) is 25.9 Å². The van der Waals surface area contributed by atoms with E-state index in [9.17, 15) is 4.79 Å². The molecule has 1 aromatic heterocycles. The second kappa shape index (κ2) is 6.81. The topological polar surface area (TPSA) is 46.9 Å². The van der Waals surface area contributed by atoms with Crippen molar-refractivity contribution >= 4 is 5.91 Å². The lowest BCUT2D eigenvalue weighted by molar-refractivity contribution is -0.116. The molecule has 0 saturated carbocycles. The molecule has 0 bridgehead atoms. The van der Waals surface area contributed by atoms with Crippen LogP contribution < -0.4 is 5.32 Å². The highest BCUT2D eigenvalue weighted by atomic mass is 16.1. The van der Waals surface area contributed by atoms with Crippen LogP contribution in [0.5, 0.6) is 0 Å². The SMILES string of the molecule is CC=CC(=O)NCCCCn1ccnc1. The molecule has 1 aromatic rings. The first kappa shape index (κ1) is 11.5. The number of nitrogens with one attached hydrogen (secondary N) is 1. The van der Waals surface area contributed by atoms with E-state index in [0.29, 0.717) is 0 Å². The summed E-state index contributed by atoms with van der Waals surface area (Å²) < 4.78 is 2.04. The molecule has 1 N–H and O–H groups in total. The fourth-order valence-electron chi connectivity index (χ4n) is 1.26. The van der Waals surface area contributed by atoms with E-state index in [1.54, 1.807) is 18.6 Å². The first-order valence-electron chi connectivity index (χ1n) is 5.19. The van der Waals surface area contributed by atoms with Crippen LogP contribution in [0.3, 0.4) is 0 Å². The molecule has 0 saturated heterocycles. The minimum absolute atomic E-state index is 0.0138. The quantitative estimate of drug-likeness (QED) is 0.565. The van der Waals surface area contributed by atoms with Crippen LogP contribution in [0.15, 0.2) is 30.9 Å². The van der Waals surface area contributed by atoms with Crippen LogP contribution in [0.1, 0.15) is 19.8 Å². The highest BCUT2D eigenvalue weighted by molar-refractivity contribution is 5.87. The van der Waals surface area contributed by atoms with Gasteiger partial charge in [-0.25, -0.2) is 4.98 Å². The molecule has 0 aromatic carbocycles. The van der Waals surface area contributed by atoms with Crippen molar-refractivity contribution in [3.05, 3.63) is 30.9 Å². The predicted octanol–water partition coefficient (Wildman–Crippen LogP) is 1.36. The van der Waals surface area contributed by atoms with Crippen molar-refractivity contribution in [1.29, 1.82) is 0 Å². The first-order chi connectivity index (χ1) is 7.33. The summed E-state index contributed by atoms with van der Waals surface area (Å²) in [4.78, 5) is 15.0.